The van der Waals surface area contributed by atoms with E-state index in [0.717, 1.165) is 6.54 Å². The maximum Gasteiger partial charge on any atom is 0.336 e. The summed E-state index contributed by atoms with van der Waals surface area (Å²) in [7, 11) is 3.24. The standard InChI is InChI=1S/C26H29N3O5/c1-17-22(25(30)33-4)24(20-11-8-12-21(15-20)28-32)23(18(2)27-17)26(31)34-14-13-29(3)16-19-9-6-5-7-10-19/h5-12,15,24,27H,13-14,16H2,1-4H3. The Labute approximate surface area is 199 Å². The quantitative estimate of drug-likeness (QED) is 0.440. The molecule has 8 heteroatoms. The molecule has 2 aromatic rings. The molecule has 1 heterocycles. The number of likely N-dealkylation sites (N-methyl/N-ethyl adjacent to an activating group) is 1. The number of nitrogens with one attached hydrogen (secondary N) is 1. The van der Waals surface area contributed by atoms with Crippen LogP contribution in [0.2, 0.25) is 0 Å². The van der Waals surface area contributed by atoms with Crippen molar-refractivity contribution < 1.29 is 19.1 Å². The molecule has 1 unspecified atom stereocenters. The highest BCUT2D eigenvalue weighted by Gasteiger charge is 2.38. The molecule has 0 amide bonds. The van der Waals surface area contributed by atoms with Gasteiger partial charge in [0.05, 0.1) is 24.2 Å². The van der Waals surface area contributed by atoms with Gasteiger partial charge in [-0.15, -0.1) is 4.91 Å². The van der Waals surface area contributed by atoms with Crippen LogP contribution in [-0.4, -0.2) is 44.1 Å². The first-order valence-corrected chi connectivity index (χ1v) is 11.0. The lowest BCUT2D eigenvalue weighted by Crippen LogP contribution is -2.33. The normalized spacial score (nSPS) is 15.7. The molecular weight excluding hydrogens is 434 g/mol. The Morgan fingerprint density at radius 2 is 1.68 bits per heavy atom. The predicted molar refractivity (Wildman–Crippen MR) is 129 cm³/mol. The second-order valence-corrected chi connectivity index (χ2v) is 8.17. The molecule has 1 N–H and O–H groups in total. The fraction of sp³-hybridized carbons (Fsp3) is 0.308. The largest absolute Gasteiger partial charge is 0.466 e. The van der Waals surface area contributed by atoms with Gasteiger partial charge < -0.3 is 14.8 Å². The zero-order valence-electron chi connectivity index (χ0n) is 19.8. The molecule has 0 saturated heterocycles. The number of carbonyl (C=O) groups excluding carboxylic acids is 2. The van der Waals surface area contributed by atoms with Crippen LogP contribution in [0.5, 0.6) is 0 Å². The number of rotatable bonds is 9. The van der Waals surface area contributed by atoms with Crippen LogP contribution >= 0.6 is 0 Å². The third-order valence-corrected chi connectivity index (χ3v) is 5.70. The highest BCUT2D eigenvalue weighted by Crippen LogP contribution is 2.40. The zero-order chi connectivity index (χ0) is 24.7. The second-order valence-electron chi connectivity index (χ2n) is 8.17. The molecule has 34 heavy (non-hydrogen) atoms. The van der Waals surface area contributed by atoms with Gasteiger partial charge in [0, 0.05) is 24.5 Å². The van der Waals surface area contributed by atoms with Crippen molar-refractivity contribution in [1.82, 2.24) is 10.2 Å². The summed E-state index contributed by atoms with van der Waals surface area (Å²) in [6, 6.07) is 16.5. The van der Waals surface area contributed by atoms with E-state index < -0.39 is 17.9 Å². The molecule has 1 atom stereocenters. The summed E-state index contributed by atoms with van der Waals surface area (Å²) < 4.78 is 10.6. The van der Waals surface area contributed by atoms with E-state index in [4.69, 9.17) is 9.47 Å². The maximum atomic E-state index is 13.3. The molecule has 1 aliphatic heterocycles. The van der Waals surface area contributed by atoms with Gasteiger partial charge in [-0.05, 0) is 49.3 Å². The van der Waals surface area contributed by atoms with Crippen molar-refractivity contribution in [3.8, 4) is 0 Å². The van der Waals surface area contributed by atoms with E-state index in [1.807, 2.05) is 37.4 Å². The van der Waals surface area contributed by atoms with E-state index in [-0.39, 0.29) is 17.9 Å². The van der Waals surface area contributed by atoms with E-state index in [9.17, 15) is 14.5 Å². The Morgan fingerprint density at radius 3 is 2.32 bits per heavy atom. The lowest BCUT2D eigenvalue weighted by Gasteiger charge is -2.30. The Kier molecular flexibility index (Phi) is 8.32. The minimum Gasteiger partial charge on any atom is -0.466 e. The number of carbonyl (C=O) groups is 2. The molecule has 178 valence electrons. The molecule has 0 aliphatic carbocycles. The van der Waals surface area contributed by atoms with Crippen molar-refractivity contribution in [1.29, 1.82) is 0 Å². The van der Waals surface area contributed by atoms with Crippen LogP contribution in [0.4, 0.5) is 5.69 Å². The number of hydrogen-bond acceptors (Lipinski definition) is 8. The Hall–Kier alpha value is -3.78. The van der Waals surface area contributed by atoms with E-state index in [2.05, 4.69) is 15.4 Å². The van der Waals surface area contributed by atoms with Crippen LogP contribution in [-0.2, 0) is 25.6 Å². The van der Waals surface area contributed by atoms with E-state index in [0.29, 0.717) is 29.1 Å². The fourth-order valence-corrected chi connectivity index (χ4v) is 4.09. The van der Waals surface area contributed by atoms with Crippen molar-refractivity contribution in [2.45, 2.75) is 26.3 Å². The molecule has 0 radical (unpaired) electrons. The molecule has 0 aromatic heterocycles. The number of ether oxygens (including phenoxy) is 2. The molecule has 8 nitrogen and oxygen atoms in total. The average molecular weight is 464 g/mol. The first kappa shape index (κ1) is 24.9. The van der Waals surface area contributed by atoms with Gasteiger partial charge in [0.2, 0.25) is 0 Å². The number of methoxy groups -OCH3 is 1. The number of allylic oxidation sites excluding steroid dienone is 2. The number of dihydropyridines is 1. The van der Waals surface area contributed by atoms with Crippen molar-refractivity contribution in [2.24, 2.45) is 5.18 Å². The number of benzene rings is 2. The first-order valence-electron chi connectivity index (χ1n) is 11.0. The first-order chi connectivity index (χ1) is 16.3. The summed E-state index contributed by atoms with van der Waals surface area (Å²) in [5.41, 5.74) is 3.65. The molecule has 0 spiro atoms. The Bertz CT molecular complexity index is 1120. The third kappa shape index (κ3) is 5.77. The van der Waals surface area contributed by atoms with Crippen molar-refractivity contribution in [3.63, 3.8) is 0 Å². The van der Waals surface area contributed by atoms with Gasteiger partial charge in [0.15, 0.2) is 0 Å². The predicted octanol–water partition coefficient (Wildman–Crippen LogP) is 4.17. The summed E-state index contributed by atoms with van der Waals surface area (Å²) >= 11 is 0. The smallest absolute Gasteiger partial charge is 0.336 e. The van der Waals surface area contributed by atoms with Crippen molar-refractivity contribution in [3.05, 3.63) is 93.2 Å². The zero-order valence-corrected chi connectivity index (χ0v) is 19.8. The number of nitrogens with zero attached hydrogens (tertiary/aromatic N) is 2. The van der Waals surface area contributed by atoms with Crippen LogP contribution in [0.1, 0.15) is 30.9 Å². The molecule has 0 bridgehead atoms. The summed E-state index contributed by atoms with van der Waals surface area (Å²) in [6.07, 6.45) is 0. The number of esters is 2. The fourth-order valence-electron chi connectivity index (χ4n) is 4.09. The van der Waals surface area contributed by atoms with E-state index >= 15 is 0 Å². The minimum absolute atomic E-state index is 0.178. The van der Waals surface area contributed by atoms with Gasteiger partial charge in [0.25, 0.3) is 0 Å². The number of nitroso groups, excluding NO2 is 1. The summed E-state index contributed by atoms with van der Waals surface area (Å²) in [4.78, 5) is 39.1. The SMILES string of the molecule is COC(=O)C1=C(C)NC(C)=C(C(=O)OCCN(C)Cc2ccccc2)C1c1cccc(N=O)c1. The van der Waals surface area contributed by atoms with Crippen LogP contribution in [0.3, 0.4) is 0 Å². The Morgan fingerprint density at radius 1 is 1.00 bits per heavy atom. The number of hydrogen-bond donors (Lipinski definition) is 1. The van der Waals surface area contributed by atoms with Gasteiger partial charge in [0.1, 0.15) is 12.3 Å². The van der Waals surface area contributed by atoms with Crippen molar-refractivity contribution >= 4 is 17.6 Å². The van der Waals surface area contributed by atoms with Gasteiger partial charge in [-0.2, -0.15) is 0 Å². The second kappa shape index (κ2) is 11.4. The molecule has 3 rings (SSSR count). The van der Waals surface area contributed by atoms with Crippen LogP contribution < -0.4 is 5.32 Å². The summed E-state index contributed by atoms with van der Waals surface area (Å²) in [5, 5.41) is 6.09. The highest BCUT2D eigenvalue weighted by molar-refractivity contribution is 5.99. The lowest BCUT2D eigenvalue weighted by molar-refractivity contribution is -0.139. The minimum atomic E-state index is -0.759. The monoisotopic (exact) mass is 463 g/mol. The molecule has 2 aromatic carbocycles. The van der Waals surface area contributed by atoms with Gasteiger partial charge >= 0.3 is 11.9 Å². The molecular formula is C26H29N3O5. The molecule has 0 saturated carbocycles. The van der Waals surface area contributed by atoms with Crippen LogP contribution in [0.15, 0.2) is 82.3 Å². The van der Waals surface area contributed by atoms with Gasteiger partial charge in [-0.25, -0.2) is 9.59 Å². The topological polar surface area (TPSA) is 97.3 Å². The van der Waals surface area contributed by atoms with Crippen molar-refractivity contribution in [2.75, 3.05) is 27.3 Å². The van der Waals surface area contributed by atoms with Crippen LogP contribution in [0.25, 0.3) is 0 Å². The highest BCUT2D eigenvalue weighted by atomic mass is 16.5. The third-order valence-electron chi connectivity index (χ3n) is 5.70. The van der Waals surface area contributed by atoms with Crippen LogP contribution in [0, 0.1) is 4.91 Å². The van der Waals surface area contributed by atoms with Gasteiger partial charge in [-0.3, -0.25) is 4.90 Å². The van der Waals surface area contributed by atoms with Gasteiger partial charge in [-0.1, -0.05) is 42.5 Å². The summed E-state index contributed by atoms with van der Waals surface area (Å²) in [6.45, 7) is 4.94. The average Bonchev–Trinajstić information content (AvgIpc) is 2.83. The molecule has 1 aliphatic rings. The maximum absolute atomic E-state index is 13.3. The van der Waals surface area contributed by atoms with E-state index in [1.165, 1.54) is 12.7 Å². The Balaban J connectivity index is 1.81. The lowest BCUT2D eigenvalue weighted by atomic mass is 9.80. The van der Waals surface area contributed by atoms with E-state index in [1.54, 1.807) is 38.1 Å². The summed E-state index contributed by atoms with van der Waals surface area (Å²) in [5.74, 6) is -1.87. The molecule has 0 fully saturated rings.